The topological polar surface area (TPSA) is 60.1 Å². The number of nitrogens with zero attached hydrogens (tertiary/aromatic N) is 4. The lowest BCUT2D eigenvalue weighted by molar-refractivity contribution is 0.0944. The number of hydrogen-bond acceptors (Lipinski definition) is 3. The van der Waals surface area contributed by atoms with Gasteiger partial charge in [0.1, 0.15) is 0 Å². The maximum atomic E-state index is 13.6. The minimum atomic E-state index is -0.357. The Morgan fingerprint density at radius 2 is 1.59 bits per heavy atom. The first-order valence-corrected chi connectivity index (χ1v) is 12.4. The van der Waals surface area contributed by atoms with E-state index in [1.165, 1.54) is 10.7 Å². The molecular weight excluding hydrogens is 507 g/mol. The normalized spacial score (nSPS) is 12.5. The number of amides is 1. The van der Waals surface area contributed by atoms with E-state index in [2.05, 4.69) is 15.7 Å². The fourth-order valence-corrected chi connectivity index (χ4v) is 5.07. The Morgan fingerprint density at radius 1 is 0.784 bits per heavy atom. The number of benzene rings is 3. The molecule has 6 rings (SSSR count). The Labute approximate surface area is 223 Å². The van der Waals surface area contributed by atoms with E-state index in [0.717, 1.165) is 29.1 Å². The van der Waals surface area contributed by atoms with Gasteiger partial charge in [0.15, 0.2) is 0 Å². The standard InChI is InChI=1S/C29H20Cl2N4O2/c30-22-11-12-24(25(31)16-22)29(37)35-15-13-26(32-35)19-7-9-20(10-8-19)28(36)34-18-23-5-3-14-33(23)17-21-4-1-2-6-27(21)34/h1-16H,17-18H2. The third-order valence-corrected chi connectivity index (χ3v) is 7.05. The van der Waals surface area contributed by atoms with Crippen LogP contribution in [-0.2, 0) is 13.1 Å². The van der Waals surface area contributed by atoms with Crippen molar-refractivity contribution < 1.29 is 9.59 Å². The molecule has 0 bridgehead atoms. The molecule has 0 fully saturated rings. The molecule has 0 radical (unpaired) electrons. The maximum Gasteiger partial charge on any atom is 0.279 e. The molecular formula is C29H20Cl2N4O2. The number of para-hydroxylation sites is 1. The van der Waals surface area contributed by atoms with Gasteiger partial charge in [-0.15, -0.1) is 0 Å². The van der Waals surface area contributed by atoms with Crippen molar-refractivity contribution in [2.45, 2.75) is 13.1 Å². The molecule has 5 aromatic rings. The van der Waals surface area contributed by atoms with Crippen LogP contribution in [0.3, 0.4) is 0 Å². The van der Waals surface area contributed by atoms with Crippen LogP contribution < -0.4 is 4.90 Å². The zero-order valence-corrected chi connectivity index (χ0v) is 21.0. The second-order valence-electron chi connectivity index (χ2n) is 8.80. The molecule has 0 aliphatic carbocycles. The van der Waals surface area contributed by atoms with Crippen molar-refractivity contribution in [3.05, 3.63) is 130 Å². The van der Waals surface area contributed by atoms with Crippen LogP contribution >= 0.6 is 23.2 Å². The van der Waals surface area contributed by atoms with Crippen molar-refractivity contribution in [1.29, 1.82) is 0 Å². The number of aromatic nitrogens is 3. The quantitative estimate of drug-likeness (QED) is 0.267. The summed E-state index contributed by atoms with van der Waals surface area (Å²) in [5, 5.41) is 5.14. The van der Waals surface area contributed by atoms with E-state index in [-0.39, 0.29) is 16.8 Å². The van der Waals surface area contributed by atoms with Crippen molar-refractivity contribution in [3.8, 4) is 11.3 Å². The number of rotatable bonds is 3. The zero-order valence-electron chi connectivity index (χ0n) is 19.5. The lowest BCUT2D eigenvalue weighted by Crippen LogP contribution is -2.30. The molecule has 3 aromatic carbocycles. The van der Waals surface area contributed by atoms with E-state index in [1.807, 2.05) is 53.6 Å². The molecule has 1 aliphatic heterocycles. The highest BCUT2D eigenvalue weighted by atomic mass is 35.5. The number of hydrogen-bond donors (Lipinski definition) is 0. The number of fused-ring (bicyclic) bond motifs is 2. The molecule has 1 aliphatic rings. The Hall–Kier alpha value is -4.13. The Kier molecular flexibility index (Phi) is 5.91. The Bertz CT molecular complexity index is 1650. The lowest BCUT2D eigenvalue weighted by Gasteiger charge is -2.23. The van der Waals surface area contributed by atoms with Gasteiger partial charge in [0.25, 0.3) is 11.8 Å². The molecule has 3 heterocycles. The van der Waals surface area contributed by atoms with E-state index < -0.39 is 0 Å². The average molecular weight is 527 g/mol. The maximum absolute atomic E-state index is 13.6. The molecule has 0 saturated heterocycles. The summed E-state index contributed by atoms with van der Waals surface area (Å²) in [6.45, 7) is 1.22. The highest BCUT2D eigenvalue weighted by Crippen LogP contribution is 2.30. The summed E-state index contributed by atoms with van der Waals surface area (Å²) in [5.74, 6) is -0.434. The molecule has 0 spiro atoms. The van der Waals surface area contributed by atoms with Crippen molar-refractivity contribution in [1.82, 2.24) is 14.3 Å². The third kappa shape index (κ3) is 4.35. The van der Waals surface area contributed by atoms with Crippen LogP contribution in [0.1, 0.15) is 32.0 Å². The van der Waals surface area contributed by atoms with Crippen molar-refractivity contribution in [2.24, 2.45) is 0 Å². The van der Waals surface area contributed by atoms with E-state index in [0.29, 0.717) is 28.4 Å². The summed E-state index contributed by atoms with van der Waals surface area (Å²) in [4.78, 5) is 28.3. The van der Waals surface area contributed by atoms with Gasteiger partial charge in [0, 0.05) is 46.5 Å². The minimum Gasteiger partial charge on any atom is -0.345 e. The summed E-state index contributed by atoms with van der Waals surface area (Å²) in [7, 11) is 0. The van der Waals surface area contributed by atoms with Gasteiger partial charge in [-0.3, -0.25) is 9.59 Å². The Morgan fingerprint density at radius 3 is 2.41 bits per heavy atom. The first-order valence-electron chi connectivity index (χ1n) is 11.7. The first-order chi connectivity index (χ1) is 18.0. The van der Waals surface area contributed by atoms with Crippen LogP contribution in [0.4, 0.5) is 5.69 Å². The molecule has 37 heavy (non-hydrogen) atoms. The van der Waals surface area contributed by atoms with E-state index in [4.69, 9.17) is 23.2 Å². The fraction of sp³-hybridized carbons (Fsp3) is 0.0690. The van der Waals surface area contributed by atoms with Crippen molar-refractivity contribution in [3.63, 3.8) is 0 Å². The van der Waals surface area contributed by atoms with Crippen LogP contribution in [0.25, 0.3) is 11.3 Å². The average Bonchev–Trinajstić information content (AvgIpc) is 3.54. The van der Waals surface area contributed by atoms with Crippen LogP contribution in [0.2, 0.25) is 10.0 Å². The van der Waals surface area contributed by atoms with Gasteiger partial charge >= 0.3 is 0 Å². The summed E-state index contributed by atoms with van der Waals surface area (Å²) >= 11 is 12.1. The summed E-state index contributed by atoms with van der Waals surface area (Å²) < 4.78 is 3.41. The number of carbonyl (C=O) groups excluding carboxylic acids is 2. The van der Waals surface area contributed by atoms with Gasteiger partial charge in [0.2, 0.25) is 0 Å². The molecule has 6 nitrogen and oxygen atoms in total. The predicted octanol–water partition coefficient (Wildman–Crippen LogP) is 6.56. The smallest absolute Gasteiger partial charge is 0.279 e. The molecule has 0 unspecified atom stereocenters. The Balaban J connectivity index is 1.26. The summed E-state index contributed by atoms with van der Waals surface area (Å²) in [6, 6.07) is 25.8. The minimum absolute atomic E-state index is 0.0771. The SMILES string of the molecule is O=C(c1ccc(-c2ccn(C(=O)c3ccc(Cl)cc3Cl)n2)cc1)N1Cc2cccn2Cc2ccccc21. The lowest BCUT2D eigenvalue weighted by atomic mass is 10.1. The largest absolute Gasteiger partial charge is 0.345 e. The summed E-state index contributed by atoms with van der Waals surface area (Å²) in [6.07, 6.45) is 3.63. The highest BCUT2D eigenvalue weighted by molar-refractivity contribution is 6.36. The van der Waals surface area contributed by atoms with Crippen molar-refractivity contribution in [2.75, 3.05) is 4.90 Å². The zero-order chi connectivity index (χ0) is 25.5. The van der Waals surface area contributed by atoms with E-state index in [1.54, 1.807) is 36.5 Å². The van der Waals surface area contributed by atoms with Crippen LogP contribution in [0.5, 0.6) is 0 Å². The van der Waals surface area contributed by atoms with Gasteiger partial charge in [-0.2, -0.15) is 5.10 Å². The number of halogens is 2. The van der Waals surface area contributed by atoms with Crippen LogP contribution in [-0.4, -0.2) is 26.2 Å². The number of carbonyl (C=O) groups is 2. The van der Waals surface area contributed by atoms with Gasteiger partial charge in [-0.1, -0.05) is 53.5 Å². The second-order valence-corrected chi connectivity index (χ2v) is 9.64. The molecule has 182 valence electrons. The second kappa shape index (κ2) is 9.39. The molecule has 0 saturated carbocycles. The molecule has 0 atom stereocenters. The van der Waals surface area contributed by atoms with Crippen LogP contribution in [0.15, 0.2) is 97.3 Å². The van der Waals surface area contributed by atoms with Gasteiger partial charge in [0.05, 0.1) is 22.8 Å². The molecule has 0 N–H and O–H groups in total. The molecule has 1 amide bonds. The summed E-state index contributed by atoms with van der Waals surface area (Å²) in [5.41, 5.74) is 5.37. The monoisotopic (exact) mass is 526 g/mol. The fourth-order valence-electron chi connectivity index (χ4n) is 4.58. The van der Waals surface area contributed by atoms with Gasteiger partial charge in [-0.05, 0) is 60.2 Å². The number of anilines is 1. The van der Waals surface area contributed by atoms with Gasteiger partial charge < -0.3 is 9.47 Å². The van der Waals surface area contributed by atoms with Gasteiger partial charge in [-0.25, -0.2) is 4.68 Å². The van der Waals surface area contributed by atoms with Crippen molar-refractivity contribution >= 4 is 40.7 Å². The third-order valence-electron chi connectivity index (χ3n) is 6.50. The highest BCUT2D eigenvalue weighted by Gasteiger charge is 2.25. The molecule has 2 aromatic heterocycles. The van der Waals surface area contributed by atoms with E-state index in [9.17, 15) is 9.59 Å². The predicted molar refractivity (Wildman–Crippen MR) is 144 cm³/mol. The molecule has 8 heteroatoms. The first kappa shape index (κ1) is 23.3. The van der Waals surface area contributed by atoms with Crippen LogP contribution in [0, 0.1) is 0 Å². The van der Waals surface area contributed by atoms with E-state index >= 15 is 0 Å².